The number of thiol groups is 1. The lowest BCUT2D eigenvalue weighted by atomic mass is 9.92. The minimum atomic E-state index is 0.442. The second kappa shape index (κ2) is 13.7. The van der Waals surface area contributed by atoms with Crippen LogP contribution < -0.4 is 0 Å². The number of rotatable bonds is 14. The summed E-state index contributed by atoms with van der Waals surface area (Å²) in [6, 6.07) is 10.7. The van der Waals surface area contributed by atoms with E-state index in [-0.39, 0.29) is 0 Å². The van der Waals surface area contributed by atoms with Crippen molar-refractivity contribution in [3.63, 3.8) is 0 Å². The maximum absolute atomic E-state index is 4.81. The minimum absolute atomic E-state index is 0.442. The topological polar surface area (TPSA) is 0 Å². The van der Waals surface area contributed by atoms with Crippen LogP contribution in [0, 0.1) is 0 Å². The summed E-state index contributed by atoms with van der Waals surface area (Å²) in [6.07, 6.45) is 17.0. The third kappa shape index (κ3) is 9.91. The Hall–Kier alpha value is -0.690. The summed E-state index contributed by atoms with van der Waals surface area (Å²) in [5.41, 5.74) is 1.37. The fraction of sp³-hybridized carbons (Fsp3) is 0.636. The highest BCUT2D eigenvalue weighted by molar-refractivity contribution is 7.80. The summed E-state index contributed by atoms with van der Waals surface area (Å²) in [5, 5.41) is 0.489. The molecular weight excluding hydrogens is 296 g/mol. The van der Waals surface area contributed by atoms with Gasteiger partial charge in [0.2, 0.25) is 0 Å². The highest BCUT2D eigenvalue weighted by Gasteiger charge is 2.12. The molecule has 2 unspecified atom stereocenters. The number of hydrogen-bond acceptors (Lipinski definition) is 1. The van der Waals surface area contributed by atoms with E-state index in [1.54, 1.807) is 0 Å². The molecule has 0 aromatic heterocycles. The molecule has 1 heteroatoms. The molecule has 0 aliphatic carbocycles. The van der Waals surface area contributed by atoms with Gasteiger partial charge >= 0.3 is 0 Å². The molecule has 0 aliphatic heterocycles. The maximum atomic E-state index is 4.81. The van der Waals surface area contributed by atoms with Gasteiger partial charge in [-0.3, -0.25) is 0 Å². The maximum Gasteiger partial charge on any atom is 0.00257 e. The van der Waals surface area contributed by atoms with Crippen molar-refractivity contribution in [1.29, 1.82) is 0 Å². The van der Waals surface area contributed by atoms with Crippen LogP contribution in [0.25, 0.3) is 0 Å². The van der Waals surface area contributed by atoms with E-state index in [1.807, 2.05) is 0 Å². The van der Waals surface area contributed by atoms with Gasteiger partial charge in [-0.15, -0.1) is 6.58 Å². The van der Waals surface area contributed by atoms with E-state index >= 15 is 0 Å². The molecule has 0 N–H and O–H groups in total. The first-order valence-electron chi connectivity index (χ1n) is 9.63. The first-order chi connectivity index (χ1) is 11.3. The lowest BCUT2D eigenvalue weighted by Crippen LogP contribution is -2.06. The summed E-state index contributed by atoms with van der Waals surface area (Å²) in [6.45, 7) is 6.29. The molecule has 0 saturated heterocycles. The zero-order chi connectivity index (χ0) is 16.8. The Bertz CT molecular complexity index is 384. The van der Waals surface area contributed by atoms with Crippen molar-refractivity contribution < 1.29 is 0 Å². The van der Waals surface area contributed by atoms with Crippen molar-refractivity contribution in [1.82, 2.24) is 0 Å². The molecule has 0 spiro atoms. The zero-order valence-electron chi connectivity index (χ0n) is 15.1. The Morgan fingerprint density at radius 1 is 0.913 bits per heavy atom. The van der Waals surface area contributed by atoms with Crippen LogP contribution in [0.3, 0.4) is 0 Å². The number of unbranched alkanes of at least 4 members (excludes halogenated alkanes) is 8. The van der Waals surface area contributed by atoms with Crippen molar-refractivity contribution in [3.8, 4) is 0 Å². The van der Waals surface area contributed by atoms with Crippen LogP contribution in [0.2, 0.25) is 0 Å². The van der Waals surface area contributed by atoms with Gasteiger partial charge in [0.25, 0.3) is 0 Å². The van der Waals surface area contributed by atoms with E-state index in [1.165, 1.54) is 69.8 Å². The van der Waals surface area contributed by atoms with Gasteiger partial charge in [0.1, 0.15) is 0 Å². The van der Waals surface area contributed by atoms with Crippen LogP contribution in [0.5, 0.6) is 0 Å². The molecule has 0 fully saturated rings. The van der Waals surface area contributed by atoms with E-state index < -0.39 is 0 Å². The average Bonchev–Trinajstić information content (AvgIpc) is 2.59. The monoisotopic (exact) mass is 332 g/mol. The number of hydrogen-bond donors (Lipinski definition) is 1. The Morgan fingerprint density at radius 3 is 2.04 bits per heavy atom. The number of allylic oxidation sites excluding steroid dienone is 1. The Labute approximate surface area is 150 Å². The van der Waals surface area contributed by atoms with Crippen molar-refractivity contribution in [2.45, 2.75) is 88.7 Å². The SMILES string of the molecule is C=CC(CC(S)CCCCCCCCCCC)c1ccccc1. The number of benzene rings is 1. The van der Waals surface area contributed by atoms with Gasteiger partial charge < -0.3 is 0 Å². The van der Waals surface area contributed by atoms with Crippen molar-refractivity contribution in [2.75, 3.05) is 0 Å². The van der Waals surface area contributed by atoms with E-state index in [9.17, 15) is 0 Å². The molecule has 0 aliphatic rings. The summed E-state index contributed by atoms with van der Waals surface area (Å²) >= 11 is 4.81. The summed E-state index contributed by atoms with van der Waals surface area (Å²) in [7, 11) is 0. The van der Waals surface area contributed by atoms with Gasteiger partial charge in [0, 0.05) is 11.2 Å². The van der Waals surface area contributed by atoms with Crippen LogP contribution in [0.1, 0.15) is 89.0 Å². The second-order valence-electron chi connectivity index (χ2n) is 6.76. The molecular formula is C22H36S. The zero-order valence-corrected chi connectivity index (χ0v) is 15.9. The predicted molar refractivity (Wildman–Crippen MR) is 109 cm³/mol. The molecule has 0 radical (unpaired) electrons. The molecule has 1 aromatic carbocycles. The fourth-order valence-corrected chi connectivity index (χ4v) is 3.58. The summed E-state index contributed by atoms with van der Waals surface area (Å²) < 4.78 is 0. The third-order valence-electron chi connectivity index (χ3n) is 4.68. The fourth-order valence-electron chi connectivity index (χ4n) is 3.17. The lowest BCUT2D eigenvalue weighted by Gasteiger charge is -2.17. The van der Waals surface area contributed by atoms with Gasteiger partial charge in [-0.25, -0.2) is 0 Å². The predicted octanol–water partition coefficient (Wildman–Crippen LogP) is 7.57. The average molecular weight is 333 g/mol. The Balaban J connectivity index is 2.07. The normalized spacial score (nSPS) is 13.7. The molecule has 0 saturated carbocycles. The summed E-state index contributed by atoms with van der Waals surface area (Å²) in [5.74, 6) is 0.442. The Morgan fingerprint density at radius 2 is 1.48 bits per heavy atom. The van der Waals surface area contributed by atoms with Gasteiger partial charge in [0.15, 0.2) is 0 Å². The third-order valence-corrected chi connectivity index (χ3v) is 5.15. The van der Waals surface area contributed by atoms with Crippen LogP contribution in [0.4, 0.5) is 0 Å². The molecule has 1 rings (SSSR count). The first kappa shape index (κ1) is 20.4. The van der Waals surface area contributed by atoms with Gasteiger partial charge in [-0.1, -0.05) is 101 Å². The molecule has 2 atom stereocenters. The minimum Gasteiger partial charge on any atom is -0.176 e. The standard InChI is InChI=1S/C22H36S/c1-3-5-6-7-8-9-10-11-15-18-22(23)19-20(4-2)21-16-13-12-14-17-21/h4,12-14,16-17,20,22-23H,2-3,5-11,15,18-19H2,1H3. The largest absolute Gasteiger partial charge is 0.176 e. The van der Waals surface area contributed by atoms with E-state index in [2.05, 4.69) is 49.9 Å². The van der Waals surface area contributed by atoms with E-state index in [0.29, 0.717) is 11.2 Å². The first-order valence-corrected chi connectivity index (χ1v) is 10.1. The van der Waals surface area contributed by atoms with Crippen LogP contribution in [0.15, 0.2) is 43.0 Å². The second-order valence-corrected chi connectivity index (χ2v) is 7.49. The summed E-state index contributed by atoms with van der Waals surface area (Å²) in [4.78, 5) is 0. The highest BCUT2D eigenvalue weighted by atomic mass is 32.1. The van der Waals surface area contributed by atoms with Crippen LogP contribution in [-0.4, -0.2) is 5.25 Å². The van der Waals surface area contributed by atoms with Crippen molar-refractivity contribution in [2.24, 2.45) is 0 Å². The molecule has 23 heavy (non-hydrogen) atoms. The van der Waals surface area contributed by atoms with Gasteiger partial charge in [-0.2, -0.15) is 12.6 Å². The Kier molecular flexibility index (Phi) is 12.1. The van der Waals surface area contributed by atoms with Gasteiger partial charge in [0.05, 0.1) is 0 Å². The van der Waals surface area contributed by atoms with Gasteiger partial charge in [-0.05, 0) is 18.4 Å². The van der Waals surface area contributed by atoms with Crippen molar-refractivity contribution >= 4 is 12.6 Å². The van der Waals surface area contributed by atoms with Crippen LogP contribution >= 0.6 is 12.6 Å². The molecule has 1 aromatic rings. The molecule has 130 valence electrons. The quantitative estimate of drug-likeness (QED) is 0.203. The smallest absolute Gasteiger partial charge is 0.00257 e. The molecule has 0 nitrogen and oxygen atoms in total. The van der Waals surface area contributed by atoms with E-state index in [4.69, 9.17) is 12.6 Å². The van der Waals surface area contributed by atoms with Crippen LogP contribution in [-0.2, 0) is 0 Å². The lowest BCUT2D eigenvalue weighted by molar-refractivity contribution is 0.544. The van der Waals surface area contributed by atoms with Crippen molar-refractivity contribution in [3.05, 3.63) is 48.6 Å². The molecule has 0 heterocycles. The highest BCUT2D eigenvalue weighted by Crippen LogP contribution is 2.26. The molecule has 0 bridgehead atoms. The van der Waals surface area contributed by atoms with E-state index in [0.717, 1.165) is 6.42 Å². The molecule has 0 amide bonds.